The van der Waals surface area contributed by atoms with Gasteiger partial charge in [0.15, 0.2) is 0 Å². The van der Waals surface area contributed by atoms with Gasteiger partial charge < -0.3 is 9.64 Å². The standard InChI is InChI=1S/C15H22N2O2/c1-10(2)19-14-8-7-13(9-16-14)15(18)17(4)11(3)12-5-6-12/h7-12H,5-6H2,1-4H3. The molecule has 0 N–H and O–H groups in total. The molecule has 4 nitrogen and oxygen atoms in total. The quantitative estimate of drug-likeness (QED) is 0.819. The highest BCUT2D eigenvalue weighted by atomic mass is 16.5. The van der Waals surface area contributed by atoms with Crippen LogP contribution in [0.25, 0.3) is 0 Å². The molecule has 0 aliphatic heterocycles. The number of nitrogens with zero attached hydrogens (tertiary/aromatic N) is 2. The smallest absolute Gasteiger partial charge is 0.255 e. The van der Waals surface area contributed by atoms with Gasteiger partial charge in [0.1, 0.15) is 0 Å². The van der Waals surface area contributed by atoms with E-state index in [4.69, 9.17) is 4.74 Å². The van der Waals surface area contributed by atoms with Crippen LogP contribution in [0.5, 0.6) is 5.88 Å². The summed E-state index contributed by atoms with van der Waals surface area (Å²) in [5, 5.41) is 0. The Hall–Kier alpha value is -1.58. The van der Waals surface area contributed by atoms with E-state index in [0.29, 0.717) is 23.4 Å². The van der Waals surface area contributed by atoms with Crippen LogP contribution in [0.4, 0.5) is 0 Å². The summed E-state index contributed by atoms with van der Waals surface area (Å²) in [5.41, 5.74) is 0.617. The lowest BCUT2D eigenvalue weighted by atomic mass is 10.1. The number of rotatable bonds is 5. The van der Waals surface area contributed by atoms with Crippen molar-refractivity contribution in [3.8, 4) is 5.88 Å². The molecule has 1 aromatic heterocycles. The number of hydrogen-bond donors (Lipinski definition) is 0. The van der Waals surface area contributed by atoms with Gasteiger partial charge in [0.05, 0.1) is 11.7 Å². The SMILES string of the molecule is CC(C)Oc1ccc(C(=O)N(C)C(C)C2CC2)cn1. The highest BCUT2D eigenvalue weighted by molar-refractivity contribution is 5.94. The van der Waals surface area contributed by atoms with E-state index in [1.54, 1.807) is 18.3 Å². The predicted octanol–water partition coefficient (Wildman–Crippen LogP) is 2.74. The molecule has 1 aromatic rings. The van der Waals surface area contributed by atoms with Crippen LogP contribution in [-0.4, -0.2) is 35.0 Å². The summed E-state index contributed by atoms with van der Waals surface area (Å²) in [7, 11) is 1.86. The molecule has 0 aromatic carbocycles. The number of ether oxygens (including phenoxy) is 1. The van der Waals surface area contributed by atoms with Gasteiger partial charge in [-0.05, 0) is 45.6 Å². The molecule has 1 atom stereocenters. The normalized spacial score (nSPS) is 16.3. The third kappa shape index (κ3) is 3.46. The number of carbonyl (C=O) groups is 1. The largest absolute Gasteiger partial charge is 0.475 e. The van der Waals surface area contributed by atoms with Crippen molar-refractivity contribution in [2.75, 3.05) is 7.05 Å². The third-order valence-corrected chi connectivity index (χ3v) is 3.58. The maximum atomic E-state index is 12.3. The van der Waals surface area contributed by atoms with Crippen LogP contribution < -0.4 is 4.74 Å². The van der Waals surface area contributed by atoms with Crippen LogP contribution in [0.1, 0.15) is 44.0 Å². The molecular weight excluding hydrogens is 240 g/mol. The first-order chi connectivity index (χ1) is 8.99. The van der Waals surface area contributed by atoms with Gasteiger partial charge in [-0.3, -0.25) is 4.79 Å². The van der Waals surface area contributed by atoms with E-state index in [9.17, 15) is 4.79 Å². The minimum Gasteiger partial charge on any atom is -0.475 e. The molecule has 1 unspecified atom stereocenters. The molecule has 0 spiro atoms. The summed E-state index contributed by atoms with van der Waals surface area (Å²) in [6.07, 6.45) is 4.15. The molecule has 2 rings (SSSR count). The first-order valence-corrected chi connectivity index (χ1v) is 6.89. The number of amides is 1. The maximum Gasteiger partial charge on any atom is 0.255 e. The Morgan fingerprint density at radius 3 is 2.53 bits per heavy atom. The average molecular weight is 262 g/mol. The second-order valence-corrected chi connectivity index (χ2v) is 5.55. The Labute approximate surface area is 114 Å². The number of carbonyl (C=O) groups excluding carboxylic acids is 1. The fourth-order valence-corrected chi connectivity index (χ4v) is 2.10. The lowest BCUT2D eigenvalue weighted by molar-refractivity contribution is 0.0727. The van der Waals surface area contributed by atoms with Crippen LogP contribution in [0.3, 0.4) is 0 Å². The van der Waals surface area contributed by atoms with Crippen molar-refractivity contribution in [1.29, 1.82) is 0 Å². The highest BCUT2D eigenvalue weighted by Crippen LogP contribution is 2.35. The molecular formula is C15H22N2O2. The van der Waals surface area contributed by atoms with Gasteiger partial charge in [0.2, 0.25) is 5.88 Å². The molecule has 0 saturated heterocycles. The Morgan fingerprint density at radius 1 is 1.37 bits per heavy atom. The number of pyridine rings is 1. The highest BCUT2D eigenvalue weighted by Gasteiger charge is 2.32. The topological polar surface area (TPSA) is 42.4 Å². The van der Waals surface area contributed by atoms with Crippen LogP contribution >= 0.6 is 0 Å². The molecule has 1 heterocycles. The van der Waals surface area contributed by atoms with Crippen LogP contribution in [0.15, 0.2) is 18.3 Å². The molecule has 1 fully saturated rings. The van der Waals surface area contributed by atoms with E-state index in [0.717, 1.165) is 0 Å². The van der Waals surface area contributed by atoms with E-state index in [2.05, 4.69) is 11.9 Å². The van der Waals surface area contributed by atoms with E-state index in [1.165, 1.54) is 12.8 Å². The second-order valence-electron chi connectivity index (χ2n) is 5.55. The summed E-state index contributed by atoms with van der Waals surface area (Å²) in [6.45, 7) is 6.01. The summed E-state index contributed by atoms with van der Waals surface area (Å²) in [5.74, 6) is 1.26. The summed E-state index contributed by atoms with van der Waals surface area (Å²) >= 11 is 0. The van der Waals surface area contributed by atoms with Crippen LogP contribution in [-0.2, 0) is 0 Å². The van der Waals surface area contributed by atoms with Gasteiger partial charge in [0, 0.05) is 25.4 Å². The molecule has 1 amide bonds. The molecule has 0 radical (unpaired) electrons. The number of aromatic nitrogens is 1. The molecule has 1 aliphatic rings. The van der Waals surface area contributed by atoms with Crippen molar-refractivity contribution < 1.29 is 9.53 Å². The fraction of sp³-hybridized carbons (Fsp3) is 0.600. The summed E-state index contributed by atoms with van der Waals surface area (Å²) < 4.78 is 5.47. The zero-order chi connectivity index (χ0) is 14.0. The molecule has 4 heteroatoms. The van der Waals surface area contributed by atoms with Crippen molar-refractivity contribution in [2.24, 2.45) is 5.92 Å². The van der Waals surface area contributed by atoms with Crippen molar-refractivity contribution in [1.82, 2.24) is 9.88 Å². The Kier molecular flexibility index (Phi) is 4.08. The van der Waals surface area contributed by atoms with Gasteiger partial charge in [-0.25, -0.2) is 4.98 Å². The van der Waals surface area contributed by atoms with E-state index >= 15 is 0 Å². The fourth-order valence-electron chi connectivity index (χ4n) is 2.10. The zero-order valence-electron chi connectivity index (χ0n) is 12.1. The summed E-state index contributed by atoms with van der Waals surface area (Å²) in [6, 6.07) is 3.84. The maximum absolute atomic E-state index is 12.3. The first-order valence-electron chi connectivity index (χ1n) is 6.89. The summed E-state index contributed by atoms with van der Waals surface area (Å²) in [4.78, 5) is 18.3. The van der Waals surface area contributed by atoms with Gasteiger partial charge in [0.25, 0.3) is 5.91 Å². The zero-order valence-corrected chi connectivity index (χ0v) is 12.1. The second kappa shape index (κ2) is 5.59. The van der Waals surface area contributed by atoms with Crippen molar-refractivity contribution in [2.45, 2.75) is 45.8 Å². The lowest BCUT2D eigenvalue weighted by Gasteiger charge is -2.24. The van der Waals surface area contributed by atoms with Crippen molar-refractivity contribution >= 4 is 5.91 Å². The lowest BCUT2D eigenvalue weighted by Crippen LogP contribution is -2.36. The average Bonchev–Trinajstić information content (AvgIpc) is 3.20. The van der Waals surface area contributed by atoms with E-state index < -0.39 is 0 Å². The van der Waals surface area contributed by atoms with Gasteiger partial charge >= 0.3 is 0 Å². The van der Waals surface area contributed by atoms with Crippen LogP contribution in [0.2, 0.25) is 0 Å². The van der Waals surface area contributed by atoms with Gasteiger partial charge in [-0.15, -0.1) is 0 Å². The molecule has 104 valence electrons. The van der Waals surface area contributed by atoms with Gasteiger partial charge in [-0.1, -0.05) is 0 Å². The van der Waals surface area contributed by atoms with Gasteiger partial charge in [-0.2, -0.15) is 0 Å². The monoisotopic (exact) mass is 262 g/mol. The van der Waals surface area contributed by atoms with Crippen molar-refractivity contribution in [3.05, 3.63) is 23.9 Å². The predicted molar refractivity (Wildman–Crippen MR) is 74.3 cm³/mol. The van der Waals surface area contributed by atoms with E-state index in [-0.39, 0.29) is 12.0 Å². The minimum atomic E-state index is 0.0306. The molecule has 1 saturated carbocycles. The van der Waals surface area contributed by atoms with Crippen molar-refractivity contribution in [3.63, 3.8) is 0 Å². The Balaban J connectivity index is 2.02. The van der Waals surface area contributed by atoms with Crippen LogP contribution in [0, 0.1) is 5.92 Å². The molecule has 19 heavy (non-hydrogen) atoms. The molecule has 0 bridgehead atoms. The Morgan fingerprint density at radius 2 is 2.05 bits per heavy atom. The Bertz CT molecular complexity index is 438. The first kappa shape index (κ1) is 13.8. The van der Waals surface area contributed by atoms with E-state index in [1.807, 2.05) is 25.8 Å². The minimum absolute atomic E-state index is 0.0306. The molecule has 1 aliphatic carbocycles. The third-order valence-electron chi connectivity index (χ3n) is 3.58. The number of hydrogen-bond acceptors (Lipinski definition) is 3.